The van der Waals surface area contributed by atoms with Gasteiger partial charge in [-0.05, 0) is 45.0 Å². The Hall–Kier alpha value is -2.17. The molecule has 11 heteroatoms. The molecule has 1 unspecified atom stereocenters. The summed E-state index contributed by atoms with van der Waals surface area (Å²) in [5.41, 5.74) is 2.97. The van der Waals surface area contributed by atoms with E-state index in [9.17, 15) is 8.78 Å². The van der Waals surface area contributed by atoms with Crippen molar-refractivity contribution < 1.29 is 18.3 Å². The smallest absolute Gasteiger partial charge is 0.420 e. The van der Waals surface area contributed by atoms with Crippen molar-refractivity contribution in [3.8, 4) is 5.75 Å². The number of alkyl halides is 3. The zero-order chi connectivity index (χ0) is 21.3. The number of rotatable bonds is 3. The molecule has 3 rings (SSSR count). The van der Waals surface area contributed by atoms with E-state index in [1.165, 1.54) is 24.3 Å². The van der Waals surface area contributed by atoms with Crippen LogP contribution in [0.5, 0.6) is 5.75 Å². The lowest BCUT2D eigenvalue weighted by Gasteiger charge is -2.37. The molecule has 1 saturated heterocycles. The highest BCUT2D eigenvalue weighted by atomic mass is 35.5. The number of nitrogens with one attached hydrogen (secondary N) is 2. The van der Waals surface area contributed by atoms with Crippen molar-refractivity contribution in [2.75, 3.05) is 26.3 Å². The Morgan fingerprint density at radius 2 is 1.83 bits per heavy atom. The van der Waals surface area contributed by atoms with Crippen LogP contribution in [-0.4, -0.2) is 54.2 Å². The van der Waals surface area contributed by atoms with Gasteiger partial charge in [0, 0.05) is 35.8 Å². The maximum Gasteiger partial charge on any atom is 0.487 e. The fourth-order valence-electron chi connectivity index (χ4n) is 2.89. The molecule has 1 aromatic rings. The van der Waals surface area contributed by atoms with Crippen LogP contribution < -0.4 is 21.1 Å². The van der Waals surface area contributed by atoms with Gasteiger partial charge in [0.2, 0.25) is 17.7 Å². The van der Waals surface area contributed by atoms with E-state index in [-0.39, 0.29) is 11.3 Å². The van der Waals surface area contributed by atoms with Gasteiger partial charge in [0.25, 0.3) is 0 Å². The predicted octanol–water partition coefficient (Wildman–Crippen LogP) is 1.96. The maximum absolute atomic E-state index is 12.8. The first-order valence-corrected chi connectivity index (χ1v) is 9.54. The summed E-state index contributed by atoms with van der Waals surface area (Å²) >= 11 is 4.81. The quantitative estimate of drug-likeness (QED) is 0.634. The standard InChI is InChI=1S/C18H25ClF2N6O2/c1-16(2,3)24-14-23-15(27-8-10-28-11-9-27)26-17(22,25-14)12-4-6-13(7-5-12)29-18(19,20)21/h4-7H,8-11,22H2,1-3H3,(H2,23,24,25,26). The topological polar surface area (TPSA) is 96.5 Å². The number of nitrogens with zero attached hydrogens (tertiary/aromatic N) is 3. The monoisotopic (exact) mass is 430 g/mol. The number of hydrogen-bond donors (Lipinski definition) is 3. The molecule has 0 spiro atoms. The molecule has 4 N–H and O–H groups in total. The van der Waals surface area contributed by atoms with Gasteiger partial charge >= 0.3 is 5.57 Å². The molecule has 0 amide bonds. The van der Waals surface area contributed by atoms with Gasteiger partial charge in [0.05, 0.1) is 13.2 Å². The van der Waals surface area contributed by atoms with E-state index in [0.29, 0.717) is 43.8 Å². The van der Waals surface area contributed by atoms with Crippen LogP contribution >= 0.6 is 11.6 Å². The molecule has 8 nitrogen and oxygen atoms in total. The Morgan fingerprint density at radius 3 is 2.38 bits per heavy atom. The summed E-state index contributed by atoms with van der Waals surface area (Å²) in [5, 5.41) is 6.46. The second-order valence-electron chi connectivity index (χ2n) is 7.79. The molecular weight excluding hydrogens is 406 g/mol. The van der Waals surface area contributed by atoms with E-state index in [1.54, 1.807) is 0 Å². The van der Waals surface area contributed by atoms with Crippen LogP contribution in [0, 0.1) is 0 Å². The molecule has 0 saturated carbocycles. The van der Waals surface area contributed by atoms with Crippen LogP contribution in [0.25, 0.3) is 0 Å². The Balaban J connectivity index is 1.92. The van der Waals surface area contributed by atoms with Gasteiger partial charge in [0.1, 0.15) is 5.75 Å². The Kier molecular flexibility index (Phi) is 5.88. The molecule has 0 radical (unpaired) electrons. The summed E-state index contributed by atoms with van der Waals surface area (Å²) in [6.45, 7) is 8.45. The van der Waals surface area contributed by atoms with Gasteiger partial charge < -0.3 is 19.7 Å². The van der Waals surface area contributed by atoms with Crippen LogP contribution in [0.4, 0.5) is 8.78 Å². The first-order valence-electron chi connectivity index (χ1n) is 9.16. The predicted molar refractivity (Wildman–Crippen MR) is 107 cm³/mol. The highest BCUT2D eigenvalue weighted by Gasteiger charge is 2.35. The highest BCUT2D eigenvalue weighted by Crippen LogP contribution is 2.29. The van der Waals surface area contributed by atoms with Crippen molar-refractivity contribution in [3.05, 3.63) is 29.8 Å². The van der Waals surface area contributed by atoms with Crippen LogP contribution in [0.1, 0.15) is 26.3 Å². The Morgan fingerprint density at radius 1 is 1.21 bits per heavy atom. The van der Waals surface area contributed by atoms with Gasteiger partial charge in [-0.3, -0.25) is 11.1 Å². The third-order valence-electron chi connectivity index (χ3n) is 4.11. The zero-order valence-corrected chi connectivity index (χ0v) is 17.3. The summed E-state index contributed by atoms with van der Waals surface area (Å²) in [6.07, 6.45) is 0. The van der Waals surface area contributed by atoms with Crippen molar-refractivity contribution in [1.82, 2.24) is 15.5 Å². The summed E-state index contributed by atoms with van der Waals surface area (Å²) in [5.74, 6) is -0.524. The zero-order valence-electron chi connectivity index (χ0n) is 16.5. The second-order valence-corrected chi connectivity index (χ2v) is 8.23. The van der Waals surface area contributed by atoms with Crippen LogP contribution in [0.15, 0.2) is 34.3 Å². The average Bonchev–Trinajstić information content (AvgIpc) is 2.60. The molecule has 2 heterocycles. The van der Waals surface area contributed by atoms with Crippen molar-refractivity contribution in [3.63, 3.8) is 0 Å². The molecule has 2 aliphatic rings. The van der Waals surface area contributed by atoms with Crippen LogP contribution in [-0.2, 0) is 10.5 Å². The summed E-state index contributed by atoms with van der Waals surface area (Å²) in [6, 6.07) is 5.75. The number of morpholine rings is 1. The fraction of sp³-hybridized carbons (Fsp3) is 0.556. The highest BCUT2D eigenvalue weighted by molar-refractivity contribution is 6.20. The number of nitrogens with two attached hydrogens (primary N) is 1. The molecule has 1 atom stereocenters. The normalized spacial score (nSPS) is 23.1. The third-order valence-corrected chi connectivity index (χ3v) is 4.18. The molecule has 2 aliphatic heterocycles. The fourth-order valence-corrected chi connectivity index (χ4v) is 2.98. The number of aliphatic imine (C=N–C) groups is 2. The van der Waals surface area contributed by atoms with E-state index >= 15 is 0 Å². The van der Waals surface area contributed by atoms with Crippen LogP contribution in [0.2, 0.25) is 0 Å². The van der Waals surface area contributed by atoms with Gasteiger partial charge in [-0.15, -0.1) is 8.78 Å². The van der Waals surface area contributed by atoms with Gasteiger partial charge in [-0.1, -0.05) is 0 Å². The van der Waals surface area contributed by atoms with Crippen molar-refractivity contribution in [2.24, 2.45) is 15.7 Å². The van der Waals surface area contributed by atoms with E-state index in [1.807, 2.05) is 25.7 Å². The number of halogens is 3. The van der Waals surface area contributed by atoms with E-state index in [2.05, 4.69) is 25.4 Å². The lowest BCUT2D eigenvalue weighted by atomic mass is 10.1. The van der Waals surface area contributed by atoms with Crippen molar-refractivity contribution in [1.29, 1.82) is 0 Å². The molecule has 160 valence electrons. The van der Waals surface area contributed by atoms with Crippen molar-refractivity contribution >= 4 is 23.5 Å². The van der Waals surface area contributed by atoms with E-state index in [0.717, 1.165) is 0 Å². The first kappa shape index (κ1) is 21.5. The molecular formula is C18H25ClF2N6O2. The molecule has 29 heavy (non-hydrogen) atoms. The minimum absolute atomic E-state index is 0.0966. The average molecular weight is 431 g/mol. The minimum Gasteiger partial charge on any atom is -0.420 e. The van der Waals surface area contributed by atoms with Gasteiger partial charge in [-0.25, -0.2) is 9.98 Å². The third kappa shape index (κ3) is 5.91. The SMILES string of the molecule is CC(C)(C)NC1=NC(N)(c2ccc(OC(F)(F)Cl)cc2)N=C(N2CCOCC2)N1. The lowest BCUT2D eigenvalue weighted by Crippen LogP contribution is -2.59. The minimum atomic E-state index is -3.79. The lowest BCUT2D eigenvalue weighted by molar-refractivity contribution is -0.0964. The van der Waals surface area contributed by atoms with Gasteiger partial charge in [0.15, 0.2) is 0 Å². The molecule has 0 aliphatic carbocycles. The maximum atomic E-state index is 12.8. The number of guanidine groups is 2. The summed E-state index contributed by atoms with van der Waals surface area (Å²) in [7, 11) is 0. The molecule has 0 bridgehead atoms. The summed E-state index contributed by atoms with van der Waals surface area (Å²) in [4.78, 5) is 11.2. The van der Waals surface area contributed by atoms with E-state index in [4.69, 9.17) is 22.1 Å². The first-order chi connectivity index (χ1) is 13.4. The van der Waals surface area contributed by atoms with Crippen LogP contribution in [0.3, 0.4) is 0 Å². The molecule has 1 fully saturated rings. The number of ether oxygens (including phenoxy) is 2. The number of hydrogen-bond acceptors (Lipinski definition) is 8. The largest absolute Gasteiger partial charge is 0.487 e. The van der Waals surface area contributed by atoms with Gasteiger partial charge in [-0.2, -0.15) is 0 Å². The van der Waals surface area contributed by atoms with Crippen molar-refractivity contribution in [2.45, 2.75) is 37.7 Å². The molecule has 1 aromatic carbocycles. The Labute approximate surface area is 173 Å². The Bertz CT molecular complexity index is 785. The second kappa shape index (κ2) is 7.92. The number of benzene rings is 1. The van der Waals surface area contributed by atoms with E-state index < -0.39 is 11.4 Å². The molecule has 0 aromatic heterocycles. The summed E-state index contributed by atoms with van der Waals surface area (Å²) < 4.78 is 35.4.